The van der Waals surface area contributed by atoms with Crippen LogP contribution >= 0.6 is 12.4 Å². The SMILES string of the molecule is Cl.N#Cc1ccnc(N2CCN(C(=O)C3(n4cccn4)CCNCC3)CC2)c1. The number of hydrogen-bond donors (Lipinski definition) is 1. The summed E-state index contributed by atoms with van der Waals surface area (Å²) in [5, 5.41) is 16.8. The first-order valence-electron chi connectivity index (χ1n) is 9.34. The summed E-state index contributed by atoms with van der Waals surface area (Å²) in [5.74, 6) is 0.955. The van der Waals surface area contributed by atoms with E-state index in [1.165, 1.54) is 0 Å². The number of halogens is 1. The smallest absolute Gasteiger partial charge is 0.250 e. The number of rotatable bonds is 3. The normalized spacial score (nSPS) is 18.8. The Morgan fingerprint density at radius 2 is 1.93 bits per heavy atom. The Hall–Kier alpha value is -2.63. The first-order chi connectivity index (χ1) is 13.2. The van der Waals surface area contributed by atoms with Crippen LogP contribution in [0, 0.1) is 11.3 Å². The van der Waals surface area contributed by atoms with Crippen molar-refractivity contribution >= 4 is 24.1 Å². The fraction of sp³-hybridized carbons (Fsp3) is 0.474. The third kappa shape index (κ3) is 3.68. The van der Waals surface area contributed by atoms with Crippen molar-refractivity contribution in [3.8, 4) is 6.07 Å². The molecule has 2 aromatic rings. The van der Waals surface area contributed by atoms with Gasteiger partial charge in [-0.05, 0) is 44.1 Å². The average Bonchev–Trinajstić information content (AvgIpc) is 3.29. The van der Waals surface area contributed by atoms with E-state index >= 15 is 0 Å². The van der Waals surface area contributed by atoms with E-state index in [1.54, 1.807) is 24.5 Å². The van der Waals surface area contributed by atoms with Crippen molar-refractivity contribution in [1.82, 2.24) is 25.0 Å². The van der Waals surface area contributed by atoms with Crippen LogP contribution in [-0.2, 0) is 10.3 Å². The molecule has 0 atom stereocenters. The summed E-state index contributed by atoms with van der Waals surface area (Å²) in [7, 11) is 0. The summed E-state index contributed by atoms with van der Waals surface area (Å²) in [6.07, 6.45) is 6.80. The van der Waals surface area contributed by atoms with Gasteiger partial charge in [-0.15, -0.1) is 12.4 Å². The van der Waals surface area contributed by atoms with E-state index in [9.17, 15) is 4.79 Å². The highest BCUT2D eigenvalue weighted by Crippen LogP contribution is 2.30. The van der Waals surface area contributed by atoms with Crippen molar-refractivity contribution < 1.29 is 4.79 Å². The maximum atomic E-state index is 13.5. The molecule has 0 bridgehead atoms. The predicted molar refractivity (Wildman–Crippen MR) is 107 cm³/mol. The summed E-state index contributed by atoms with van der Waals surface area (Å²) in [4.78, 5) is 21.9. The number of pyridine rings is 1. The van der Waals surface area contributed by atoms with Crippen LogP contribution in [0.1, 0.15) is 18.4 Å². The van der Waals surface area contributed by atoms with Gasteiger partial charge in [0.25, 0.3) is 5.91 Å². The molecule has 0 spiro atoms. The third-order valence-electron chi connectivity index (χ3n) is 5.54. The van der Waals surface area contributed by atoms with Crippen molar-refractivity contribution in [2.45, 2.75) is 18.4 Å². The van der Waals surface area contributed by atoms with E-state index in [0.29, 0.717) is 31.7 Å². The lowest BCUT2D eigenvalue weighted by molar-refractivity contribution is -0.143. The second kappa shape index (κ2) is 8.59. The highest BCUT2D eigenvalue weighted by atomic mass is 35.5. The van der Waals surface area contributed by atoms with Gasteiger partial charge in [-0.3, -0.25) is 9.48 Å². The van der Waals surface area contributed by atoms with Crippen molar-refractivity contribution in [1.29, 1.82) is 5.26 Å². The summed E-state index contributed by atoms with van der Waals surface area (Å²) in [5.41, 5.74) is 0.0152. The van der Waals surface area contributed by atoms with Gasteiger partial charge in [-0.25, -0.2) is 4.98 Å². The molecular formula is C19H24ClN7O. The number of nitriles is 1. The molecule has 8 nitrogen and oxygen atoms in total. The molecule has 0 unspecified atom stereocenters. The lowest BCUT2D eigenvalue weighted by Gasteiger charge is -2.43. The zero-order chi connectivity index (χ0) is 18.7. The topological polar surface area (TPSA) is 90.1 Å². The Morgan fingerprint density at radius 3 is 2.57 bits per heavy atom. The quantitative estimate of drug-likeness (QED) is 0.825. The van der Waals surface area contributed by atoms with Crippen LogP contribution in [0.3, 0.4) is 0 Å². The maximum Gasteiger partial charge on any atom is 0.250 e. The van der Waals surface area contributed by atoms with Crippen LogP contribution in [0.25, 0.3) is 0 Å². The highest BCUT2D eigenvalue weighted by molar-refractivity contribution is 5.85. The number of carbonyl (C=O) groups excluding carboxylic acids is 1. The van der Waals surface area contributed by atoms with Crippen molar-refractivity contribution in [3.05, 3.63) is 42.4 Å². The van der Waals surface area contributed by atoms with Crippen molar-refractivity contribution in [2.24, 2.45) is 0 Å². The van der Waals surface area contributed by atoms with Crippen molar-refractivity contribution in [2.75, 3.05) is 44.2 Å². The molecule has 2 aliphatic rings. The number of carbonyl (C=O) groups is 1. The second-order valence-corrected chi connectivity index (χ2v) is 7.03. The maximum absolute atomic E-state index is 13.5. The molecule has 1 N–H and O–H groups in total. The standard InChI is InChI=1S/C19H23N7O.ClH/c20-15-16-2-6-22-17(14-16)24-10-12-25(13-11-24)18(27)19(3-7-21-8-4-19)26-9-1-5-23-26;/h1-2,5-6,9,14,21H,3-4,7-8,10-13H2;1H. The lowest BCUT2D eigenvalue weighted by atomic mass is 9.86. The molecule has 2 aliphatic heterocycles. The minimum Gasteiger partial charge on any atom is -0.353 e. The van der Waals surface area contributed by atoms with Crippen LogP contribution < -0.4 is 10.2 Å². The Kier molecular flexibility index (Phi) is 6.17. The first kappa shape index (κ1) is 20.1. The Balaban J connectivity index is 0.00000225. The lowest BCUT2D eigenvalue weighted by Crippen LogP contribution is -2.59. The van der Waals surface area contributed by atoms with Gasteiger partial charge < -0.3 is 15.1 Å². The van der Waals surface area contributed by atoms with Gasteiger partial charge >= 0.3 is 0 Å². The van der Waals surface area contributed by atoms with Crippen molar-refractivity contribution in [3.63, 3.8) is 0 Å². The molecule has 0 radical (unpaired) electrons. The van der Waals surface area contributed by atoms with Crippen LogP contribution in [0.2, 0.25) is 0 Å². The fourth-order valence-electron chi connectivity index (χ4n) is 4.00. The number of piperidine rings is 1. The van der Waals surface area contributed by atoms with Crippen LogP contribution in [0.5, 0.6) is 0 Å². The Bertz CT molecular complexity index is 834. The van der Waals surface area contributed by atoms with E-state index in [2.05, 4.69) is 26.4 Å². The summed E-state index contributed by atoms with van der Waals surface area (Å²) >= 11 is 0. The van der Waals surface area contributed by atoms with E-state index in [1.807, 2.05) is 21.8 Å². The minimum absolute atomic E-state index is 0. The molecule has 148 valence electrons. The molecular weight excluding hydrogens is 378 g/mol. The van der Waals surface area contributed by atoms with E-state index in [0.717, 1.165) is 31.7 Å². The number of aromatic nitrogens is 3. The van der Waals surface area contributed by atoms with Crippen LogP contribution in [-0.4, -0.2) is 64.8 Å². The molecule has 4 heterocycles. The molecule has 2 fully saturated rings. The highest BCUT2D eigenvalue weighted by Gasteiger charge is 2.44. The average molecular weight is 402 g/mol. The number of nitrogens with one attached hydrogen (secondary N) is 1. The molecule has 0 aromatic carbocycles. The van der Waals surface area contributed by atoms with Crippen LogP contribution in [0.15, 0.2) is 36.8 Å². The van der Waals surface area contributed by atoms with Crippen LogP contribution in [0.4, 0.5) is 5.82 Å². The Labute approximate surface area is 170 Å². The molecule has 2 saturated heterocycles. The summed E-state index contributed by atoms with van der Waals surface area (Å²) in [6.45, 7) is 4.34. The number of nitrogens with zero attached hydrogens (tertiary/aromatic N) is 6. The van der Waals surface area contributed by atoms with Gasteiger partial charge in [0.15, 0.2) is 0 Å². The molecule has 9 heteroatoms. The van der Waals surface area contributed by atoms with Gasteiger partial charge in [-0.1, -0.05) is 0 Å². The summed E-state index contributed by atoms with van der Waals surface area (Å²) < 4.78 is 1.85. The largest absolute Gasteiger partial charge is 0.353 e. The summed E-state index contributed by atoms with van der Waals surface area (Å²) in [6, 6.07) is 7.53. The number of anilines is 1. The van der Waals surface area contributed by atoms with Gasteiger partial charge in [0, 0.05) is 44.8 Å². The minimum atomic E-state index is -0.587. The predicted octanol–water partition coefficient (Wildman–Crippen LogP) is 0.999. The monoisotopic (exact) mass is 401 g/mol. The van der Waals surface area contributed by atoms with E-state index in [-0.39, 0.29) is 18.3 Å². The number of amides is 1. The number of hydrogen-bond acceptors (Lipinski definition) is 6. The second-order valence-electron chi connectivity index (χ2n) is 7.03. The fourth-order valence-corrected chi connectivity index (χ4v) is 4.00. The van der Waals surface area contributed by atoms with E-state index in [4.69, 9.17) is 5.26 Å². The zero-order valence-electron chi connectivity index (χ0n) is 15.6. The van der Waals surface area contributed by atoms with Gasteiger partial charge in [0.2, 0.25) is 0 Å². The first-order valence-corrected chi connectivity index (χ1v) is 9.34. The zero-order valence-corrected chi connectivity index (χ0v) is 16.4. The van der Waals surface area contributed by atoms with E-state index < -0.39 is 5.54 Å². The van der Waals surface area contributed by atoms with Gasteiger partial charge in [0.1, 0.15) is 11.4 Å². The van der Waals surface area contributed by atoms with Gasteiger partial charge in [0.05, 0.1) is 11.6 Å². The third-order valence-corrected chi connectivity index (χ3v) is 5.54. The Morgan fingerprint density at radius 1 is 1.18 bits per heavy atom. The molecule has 2 aromatic heterocycles. The van der Waals surface area contributed by atoms with Gasteiger partial charge in [-0.2, -0.15) is 10.4 Å². The molecule has 4 rings (SSSR count). The molecule has 0 aliphatic carbocycles. The molecule has 1 amide bonds. The molecule has 28 heavy (non-hydrogen) atoms. The number of piperazine rings is 1. The molecule has 0 saturated carbocycles.